The van der Waals surface area contributed by atoms with Crippen LogP contribution < -0.4 is 0 Å². The van der Waals surface area contributed by atoms with E-state index in [4.69, 9.17) is 4.74 Å². The van der Waals surface area contributed by atoms with Crippen molar-refractivity contribution in [2.24, 2.45) is 0 Å². The highest BCUT2D eigenvalue weighted by atomic mass is 16.6. The maximum Gasteiger partial charge on any atom is 0.410 e. The summed E-state index contributed by atoms with van der Waals surface area (Å²) in [7, 11) is 0. The summed E-state index contributed by atoms with van der Waals surface area (Å²) in [6, 6.07) is -0.423. The lowest BCUT2D eigenvalue weighted by Crippen LogP contribution is -2.46. The lowest BCUT2D eigenvalue weighted by atomic mass is 10.0. The third-order valence-corrected chi connectivity index (χ3v) is 2.27. The van der Waals surface area contributed by atoms with Gasteiger partial charge in [0.1, 0.15) is 11.6 Å². The Kier molecular flexibility index (Phi) is 3.72. The molecule has 0 saturated carbocycles. The highest BCUT2D eigenvalue weighted by molar-refractivity contribution is 5.74. The minimum absolute atomic E-state index is 0.407. The molecule has 1 unspecified atom stereocenters. The van der Waals surface area contributed by atoms with E-state index in [1.165, 1.54) is 4.90 Å². The molecule has 4 nitrogen and oxygen atoms in total. The largest absolute Gasteiger partial charge is 0.444 e. The van der Waals surface area contributed by atoms with E-state index in [-0.39, 0.29) is 0 Å². The number of nitrogens with zero attached hydrogens (tertiary/aromatic N) is 1. The van der Waals surface area contributed by atoms with E-state index in [9.17, 15) is 9.59 Å². The van der Waals surface area contributed by atoms with E-state index in [0.717, 1.165) is 12.8 Å². The molecule has 0 aliphatic carbocycles. The zero-order chi connectivity index (χ0) is 11.5. The maximum absolute atomic E-state index is 11.7. The molecule has 1 rings (SSSR count). The Labute approximate surface area is 90.6 Å². The van der Waals surface area contributed by atoms with Gasteiger partial charge in [0.05, 0.1) is 0 Å². The van der Waals surface area contributed by atoms with Crippen molar-refractivity contribution in [1.29, 1.82) is 0 Å². The lowest BCUT2D eigenvalue weighted by Gasteiger charge is -2.33. The SMILES string of the molecule is CC(C)(C)OC(=O)N1CCCCC1[C]=O. The second-order valence-electron chi connectivity index (χ2n) is 4.80. The monoisotopic (exact) mass is 212 g/mol. The number of carbonyl (C=O) groups excluding carboxylic acids is 2. The molecule has 15 heavy (non-hydrogen) atoms. The van der Waals surface area contributed by atoms with Crippen molar-refractivity contribution in [1.82, 2.24) is 4.90 Å². The Bertz CT molecular complexity index is 245. The minimum atomic E-state index is -0.512. The predicted octanol–water partition coefficient (Wildman–Crippen LogP) is 1.89. The summed E-state index contributed by atoms with van der Waals surface area (Å²) in [5.74, 6) is 0. The van der Waals surface area contributed by atoms with Crippen LogP contribution in [-0.2, 0) is 9.53 Å². The fraction of sp³-hybridized carbons (Fsp3) is 0.818. The molecule has 4 heteroatoms. The van der Waals surface area contributed by atoms with Gasteiger partial charge in [-0.15, -0.1) is 0 Å². The standard InChI is InChI=1S/C11H18NO3/c1-11(2,3)15-10(14)12-7-5-4-6-9(12)8-13/h9H,4-7H2,1-3H3. The van der Waals surface area contributed by atoms with Crippen LogP contribution in [0.2, 0.25) is 0 Å². The van der Waals surface area contributed by atoms with E-state index in [1.54, 1.807) is 0 Å². The third kappa shape index (κ3) is 3.53. The number of ether oxygens (including phenoxy) is 1. The molecular weight excluding hydrogens is 194 g/mol. The van der Waals surface area contributed by atoms with Gasteiger partial charge in [0.2, 0.25) is 6.29 Å². The Hall–Kier alpha value is -1.06. The van der Waals surface area contributed by atoms with Crippen molar-refractivity contribution in [2.45, 2.75) is 51.7 Å². The van der Waals surface area contributed by atoms with Crippen LogP contribution in [0.15, 0.2) is 0 Å². The topological polar surface area (TPSA) is 46.6 Å². The van der Waals surface area contributed by atoms with Gasteiger partial charge in [-0.3, -0.25) is 9.69 Å². The Morgan fingerprint density at radius 3 is 2.60 bits per heavy atom. The van der Waals surface area contributed by atoms with Crippen LogP contribution in [0.3, 0.4) is 0 Å². The lowest BCUT2D eigenvalue weighted by molar-refractivity contribution is 0.0165. The van der Waals surface area contributed by atoms with Crippen molar-refractivity contribution in [3.63, 3.8) is 0 Å². The highest BCUT2D eigenvalue weighted by Crippen LogP contribution is 2.18. The van der Waals surface area contributed by atoms with Crippen LogP contribution >= 0.6 is 0 Å². The zero-order valence-electron chi connectivity index (χ0n) is 9.58. The number of rotatable bonds is 1. The van der Waals surface area contributed by atoms with E-state index >= 15 is 0 Å². The average Bonchev–Trinajstić information content (AvgIpc) is 2.15. The number of hydrogen-bond donors (Lipinski definition) is 0. The van der Waals surface area contributed by atoms with Crippen LogP contribution in [0.5, 0.6) is 0 Å². The van der Waals surface area contributed by atoms with Crippen LogP contribution in [-0.4, -0.2) is 35.5 Å². The smallest absolute Gasteiger partial charge is 0.410 e. The number of carbonyl (C=O) groups is 1. The third-order valence-electron chi connectivity index (χ3n) is 2.27. The molecule has 0 spiro atoms. The van der Waals surface area contributed by atoms with E-state index < -0.39 is 17.7 Å². The molecule has 0 aromatic carbocycles. The van der Waals surface area contributed by atoms with Crippen LogP contribution in [0.1, 0.15) is 40.0 Å². The first-order valence-corrected chi connectivity index (χ1v) is 5.31. The van der Waals surface area contributed by atoms with Gasteiger partial charge in [-0.25, -0.2) is 4.79 Å². The average molecular weight is 212 g/mol. The maximum atomic E-state index is 11.7. The number of piperidine rings is 1. The first-order chi connectivity index (χ1) is 6.94. The van der Waals surface area contributed by atoms with Crippen LogP contribution in [0.25, 0.3) is 0 Å². The van der Waals surface area contributed by atoms with Crippen molar-refractivity contribution in [3.8, 4) is 0 Å². The second kappa shape index (κ2) is 4.64. The van der Waals surface area contributed by atoms with Crippen molar-refractivity contribution in [2.75, 3.05) is 6.54 Å². The van der Waals surface area contributed by atoms with Crippen molar-refractivity contribution in [3.05, 3.63) is 0 Å². The molecule has 1 saturated heterocycles. The fourth-order valence-corrected chi connectivity index (χ4v) is 1.59. The Balaban J connectivity index is 2.60. The van der Waals surface area contributed by atoms with E-state index in [0.29, 0.717) is 13.0 Å². The van der Waals surface area contributed by atoms with Gasteiger partial charge in [-0.05, 0) is 40.0 Å². The molecule has 1 aliphatic heterocycles. The van der Waals surface area contributed by atoms with Gasteiger partial charge in [0.25, 0.3) is 0 Å². The minimum Gasteiger partial charge on any atom is -0.444 e. The normalized spacial score (nSPS) is 22.3. The summed E-state index contributed by atoms with van der Waals surface area (Å²) in [5.41, 5.74) is -0.512. The molecule has 0 N–H and O–H groups in total. The van der Waals surface area contributed by atoms with Gasteiger partial charge < -0.3 is 4.74 Å². The molecule has 0 bridgehead atoms. The molecular formula is C11H18NO3. The van der Waals surface area contributed by atoms with Crippen LogP contribution in [0.4, 0.5) is 4.79 Å². The summed E-state index contributed by atoms with van der Waals surface area (Å²) in [5, 5.41) is 0. The number of hydrogen-bond acceptors (Lipinski definition) is 3. The second-order valence-corrected chi connectivity index (χ2v) is 4.80. The molecule has 1 aliphatic rings. The molecule has 0 aromatic heterocycles. The molecule has 1 heterocycles. The number of amides is 1. The summed E-state index contributed by atoms with van der Waals surface area (Å²) >= 11 is 0. The van der Waals surface area contributed by atoms with Gasteiger partial charge in [0, 0.05) is 6.54 Å². The first kappa shape index (κ1) is 12.0. The van der Waals surface area contributed by atoms with Crippen LogP contribution in [0, 0.1) is 0 Å². The highest BCUT2D eigenvalue weighted by Gasteiger charge is 2.30. The zero-order valence-corrected chi connectivity index (χ0v) is 9.58. The van der Waals surface area contributed by atoms with E-state index in [2.05, 4.69) is 0 Å². The van der Waals surface area contributed by atoms with Gasteiger partial charge >= 0.3 is 6.09 Å². The molecule has 85 valence electrons. The molecule has 1 atom stereocenters. The van der Waals surface area contributed by atoms with Crippen molar-refractivity contribution >= 4 is 12.4 Å². The summed E-state index contributed by atoms with van der Waals surface area (Å²) < 4.78 is 5.22. The Morgan fingerprint density at radius 2 is 2.07 bits per heavy atom. The summed E-state index contributed by atoms with van der Waals surface area (Å²) in [6.07, 6.45) is 4.09. The Morgan fingerprint density at radius 1 is 1.40 bits per heavy atom. The number of likely N-dealkylation sites (tertiary alicyclic amines) is 1. The summed E-state index contributed by atoms with van der Waals surface area (Å²) in [4.78, 5) is 23.8. The van der Waals surface area contributed by atoms with E-state index in [1.807, 2.05) is 27.1 Å². The van der Waals surface area contributed by atoms with Gasteiger partial charge in [-0.1, -0.05) is 0 Å². The quantitative estimate of drug-likeness (QED) is 0.666. The molecule has 1 radical (unpaired) electrons. The molecule has 0 aromatic rings. The van der Waals surface area contributed by atoms with Crippen molar-refractivity contribution < 1.29 is 14.3 Å². The predicted molar refractivity (Wildman–Crippen MR) is 56.3 cm³/mol. The molecule has 1 fully saturated rings. The van der Waals surface area contributed by atoms with Gasteiger partial charge in [0.15, 0.2) is 0 Å². The fourth-order valence-electron chi connectivity index (χ4n) is 1.59. The van der Waals surface area contributed by atoms with Gasteiger partial charge in [-0.2, -0.15) is 0 Å². The summed E-state index contributed by atoms with van der Waals surface area (Å²) in [6.45, 7) is 6.03. The molecule has 1 amide bonds. The first-order valence-electron chi connectivity index (χ1n) is 5.31.